The molecule has 4 heteroatoms. The second kappa shape index (κ2) is 4.29. The lowest BCUT2D eigenvalue weighted by Crippen LogP contribution is -2.38. The van der Waals surface area contributed by atoms with Crippen LogP contribution in [-0.2, 0) is 9.13 Å². The molecule has 4 aliphatic heterocycles. The van der Waals surface area contributed by atoms with Gasteiger partial charge in [0.1, 0.15) is 14.3 Å². The smallest absolute Gasteiger partial charge is 0.143 e. The molecule has 5 rings (SSSR count). The number of hydrogen-bond acceptors (Lipinski definition) is 2. The molecule has 146 valence electrons. The van der Waals surface area contributed by atoms with Crippen molar-refractivity contribution in [2.24, 2.45) is 16.2 Å². The van der Waals surface area contributed by atoms with E-state index in [-0.39, 0.29) is 27.6 Å². The fourth-order valence-electron chi connectivity index (χ4n) is 8.09. The SMILES string of the molecule is CC1=C(C)P2(=O)C3=C(C(C)(C)C4=C3P3(=O)C(C)=C(C)[C@@]4(C)C3C)[C@]1(C)C2C. The topological polar surface area (TPSA) is 34.1 Å². The van der Waals surface area contributed by atoms with Crippen molar-refractivity contribution in [3.8, 4) is 0 Å². The standard InChI is InChI=1S/C23H32O2P2/c1-11-13(3)26(24)15(5)22(11,9)19-17(26)18-20(21(19,7)8)23(10)12(2)14(4)27(18,25)16(23)6/h15-16H,1-10H3/t15?,16?,22-,23-,26?,27?/m0/s1. The number of hydrogen-bond donors (Lipinski definition) is 0. The highest BCUT2D eigenvalue weighted by molar-refractivity contribution is 7.79. The first-order chi connectivity index (χ1) is 12.2. The third kappa shape index (κ3) is 1.30. The molecular formula is C23H32O2P2. The van der Waals surface area contributed by atoms with Gasteiger partial charge in [-0.3, -0.25) is 0 Å². The fourth-order valence-corrected chi connectivity index (χ4v) is 17.7. The summed E-state index contributed by atoms with van der Waals surface area (Å²) in [7, 11) is -5.41. The van der Waals surface area contributed by atoms with Crippen molar-refractivity contribution in [2.75, 3.05) is 0 Å². The first-order valence-electron chi connectivity index (χ1n) is 10.3. The second-order valence-corrected chi connectivity index (χ2v) is 17.0. The van der Waals surface area contributed by atoms with Crippen molar-refractivity contribution in [2.45, 2.75) is 80.6 Å². The van der Waals surface area contributed by atoms with Gasteiger partial charge in [-0.25, -0.2) is 0 Å². The Bertz CT molecular complexity index is 1020. The molecule has 6 atom stereocenters. The molecule has 4 bridgehead atoms. The Hall–Kier alpha value is -0.580. The molecule has 1 aliphatic carbocycles. The lowest BCUT2D eigenvalue weighted by Gasteiger charge is -2.44. The van der Waals surface area contributed by atoms with E-state index >= 15 is 0 Å². The normalized spacial score (nSPS) is 51.9. The zero-order valence-corrected chi connectivity index (χ0v) is 20.2. The number of fused-ring (bicyclic) bond motifs is 9. The molecule has 0 saturated heterocycles. The number of rotatable bonds is 0. The summed E-state index contributed by atoms with van der Waals surface area (Å²) < 4.78 is 29.4. The highest BCUT2D eigenvalue weighted by Gasteiger charge is 2.76. The lowest BCUT2D eigenvalue weighted by atomic mass is 9.58. The van der Waals surface area contributed by atoms with E-state index in [1.165, 1.54) is 22.3 Å². The van der Waals surface area contributed by atoms with Gasteiger partial charge in [0, 0.05) is 38.2 Å². The molecule has 5 aliphatic rings. The minimum atomic E-state index is -2.70. The molecule has 0 aromatic heterocycles. The third-order valence-electron chi connectivity index (χ3n) is 10.1. The molecule has 0 fully saturated rings. The van der Waals surface area contributed by atoms with Crippen LogP contribution in [-0.4, -0.2) is 11.3 Å². The van der Waals surface area contributed by atoms with E-state index < -0.39 is 14.3 Å². The fraction of sp³-hybridized carbons (Fsp3) is 0.652. The number of allylic oxidation sites excluding steroid dienone is 8. The molecule has 0 aromatic carbocycles. The van der Waals surface area contributed by atoms with Crippen molar-refractivity contribution >= 4 is 14.3 Å². The summed E-state index contributed by atoms with van der Waals surface area (Å²) in [5.41, 5.74) is 4.99. The summed E-state index contributed by atoms with van der Waals surface area (Å²) in [5, 5.41) is 4.30. The van der Waals surface area contributed by atoms with Gasteiger partial charge in [0.2, 0.25) is 0 Å². The largest absolute Gasteiger partial charge is 0.314 e. The first kappa shape index (κ1) is 18.4. The molecule has 4 unspecified atom stereocenters. The van der Waals surface area contributed by atoms with Gasteiger partial charge in [0.05, 0.1) is 0 Å². The van der Waals surface area contributed by atoms with Crippen molar-refractivity contribution in [1.82, 2.24) is 0 Å². The molecule has 27 heavy (non-hydrogen) atoms. The van der Waals surface area contributed by atoms with E-state index in [0.717, 1.165) is 21.3 Å². The van der Waals surface area contributed by atoms with Crippen molar-refractivity contribution in [3.63, 3.8) is 0 Å². The predicted molar refractivity (Wildman–Crippen MR) is 115 cm³/mol. The molecule has 0 aromatic rings. The molecule has 0 amide bonds. The van der Waals surface area contributed by atoms with E-state index in [0.29, 0.717) is 0 Å². The molecule has 0 saturated carbocycles. The van der Waals surface area contributed by atoms with E-state index in [4.69, 9.17) is 0 Å². The maximum Gasteiger partial charge on any atom is 0.143 e. The summed E-state index contributed by atoms with van der Waals surface area (Å²) in [6.45, 7) is 22.1. The highest BCUT2D eigenvalue weighted by atomic mass is 31.2. The Morgan fingerprint density at radius 3 is 1.26 bits per heavy atom. The van der Waals surface area contributed by atoms with Crippen molar-refractivity contribution in [1.29, 1.82) is 0 Å². The Morgan fingerprint density at radius 2 is 0.963 bits per heavy atom. The van der Waals surface area contributed by atoms with Gasteiger partial charge < -0.3 is 9.13 Å². The molecule has 4 heterocycles. The molecule has 0 radical (unpaired) electrons. The van der Waals surface area contributed by atoms with Crippen LogP contribution in [0.3, 0.4) is 0 Å². The molecular weight excluding hydrogens is 370 g/mol. The van der Waals surface area contributed by atoms with Gasteiger partial charge in [0.15, 0.2) is 0 Å². The summed E-state index contributed by atoms with van der Waals surface area (Å²) >= 11 is 0. The first-order valence-corrected chi connectivity index (χ1v) is 13.8. The zero-order valence-electron chi connectivity index (χ0n) is 18.4. The average molecular weight is 402 g/mol. The monoisotopic (exact) mass is 402 g/mol. The van der Waals surface area contributed by atoms with Gasteiger partial charge >= 0.3 is 0 Å². The van der Waals surface area contributed by atoms with Crippen LogP contribution in [0.25, 0.3) is 0 Å². The van der Waals surface area contributed by atoms with Crippen LogP contribution in [0.5, 0.6) is 0 Å². The Morgan fingerprint density at radius 1 is 0.667 bits per heavy atom. The van der Waals surface area contributed by atoms with E-state index in [1.807, 2.05) is 0 Å². The quantitative estimate of drug-likeness (QED) is 0.389. The van der Waals surface area contributed by atoms with E-state index in [1.54, 1.807) is 0 Å². The zero-order chi connectivity index (χ0) is 20.3. The van der Waals surface area contributed by atoms with E-state index in [2.05, 4.69) is 69.2 Å². The maximum atomic E-state index is 14.7. The van der Waals surface area contributed by atoms with Crippen LogP contribution in [0.2, 0.25) is 0 Å². The summed E-state index contributed by atoms with van der Waals surface area (Å²) in [4.78, 5) is 0. The molecule has 2 nitrogen and oxygen atoms in total. The van der Waals surface area contributed by atoms with Crippen LogP contribution < -0.4 is 0 Å². The minimum absolute atomic E-state index is 0.101. The van der Waals surface area contributed by atoms with Crippen LogP contribution in [0.4, 0.5) is 0 Å². The van der Waals surface area contributed by atoms with Crippen molar-refractivity contribution < 1.29 is 9.13 Å². The van der Waals surface area contributed by atoms with Gasteiger partial charge in [-0.2, -0.15) is 0 Å². The Kier molecular flexibility index (Phi) is 2.93. The van der Waals surface area contributed by atoms with E-state index in [9.17, 15) is 9.13 Å². The van der Waals surface area contributed by atoms with Crippen LogP contribution in [0.1, 0.15) is 69.2 Å². The summed E-state index contributed by atoms with van der Waals surface area (Å²) in [5.74, 6) is 0. The molecule has 0 N–H and O–H groups in total. The Labute approximate surface area is 164 Å². The van der Waals surface area contributed by atoms with Crippen LogP contribution in [0.15, 0.2) is 43.5 Å². The second-order valence-electron chi connectivity index (χ2n) is 10.6. The highest BCUT2D eigenvalue weighted by Crippen LogP contribution is 2.96. The Balaban J connectivity index is 1.94. The predicted octanol–water partition coefficient (Wildman–Crippen LogP) is 7.69. The van der Waals surface area contributed by atoms with Gasteiger partial charge in [-0.15, -0.1) is 0 Å². The minimum Gasteiger partial charge on any atom is -0.314 e. The third-order valence-corrected chi connectivity index (χ3v) is 18.3. The van der Waals surface area contributed by atoms with Crippen LogP contribution >= 0.6 is 14.3 Å². The summed E-state index contributed by atoms with van der Waals surface area (Å²) in [6, 6.07) is 0. The van der Waals surface area contributed by atoms with Gasteiger partial charge in [0.25, 0.3) is 0 Å². The van der Waals surface area contributed by atoms with Crippen molar-refractivity contribution in [3.05, 3.63) is 43.5 Å². The maximum absolute atomic E-state index is 14.7. The van der Waals surface area contributed by atoms with Gasteiger partial charge in [-0.1, -0.05) is 52.7 Å². The average Bonchev–Trinajstić information content (AvgIpc) is 3.13. The van der Waals surface area contributed by atoms with Gasteiger partial charge in [-0.05, 0) is 49.5 Å². The molecule has 0 spiro atoms. The summed E-state index contributed by atoms with van der Waals surface area (Å²) in [6.07, 6.45) is 0. The lowest BCUT2D eigenvalue weighted by molar-refractivity contribution is 0.327. The van der Waals surface area contributed by atoms with Crippen LogP contribution in [0, 0.1) is 16.2 Å².